The molecule has 1 aliphatic carbocycles. The average Bonchev–Trinajstić information content (AvgIpc) is 2.75. The zero-order valence-corrected chi connectivity index (χ0v) is 6.77. The minimum Gasteiger partial charge on any atom is -0.198 e. The van der Waals surface area contributed by atoms with E-state index in [4.69, 9.17) is 5.26 Å². The summed E-state index contributed by atoms with van der Waals surface area (Å²) in [5.41, 5.74) is 1.08. The maximum Gasteiger partial charge on any atom is 0.0829 e. The topological polar surface area (TPSA) is 49.6 Å². The van der Waals surface area contributed by atoms with Crippen LogP contribution >= 0.6 is 11.5 Å². The lowest BCUT2D eigenvalue weighted by Gasteiger charge is -1.89. The second-order valence-electron chi connectivity index (χ2n) is 2.69. The van der Waals surface area contributed by atoms with E-state index in [-0.39, 0.29) is 0 Å². The summed E-state index contributed by atoms with van der Waals surface area (Å²) in [5, 5.41) is 12.5. The van der Waals surface area contributed by atoms with E-state index in [0.29, 0.717) is 12.3 Å². The van der Waals surface area contributed by atoms with Crippen LogP contribution in [0.3, 0.4) is 0 Å². The van der Waals surface area contributed by atoms with E-state index in [1.807, 2.05) is 0 Å². The largest absolute Gasteiger partial charge is 0.198 e. The molecule has 1 fully saturated rings. The smallest absolute Gasteiger partial charge is 0.0829 e. The van der Waals surface area contributed by atoms with Gasteiger partial charge in [0.25, 0.3) is 0 Å². The van der Waals surface area contributed by atoms with Crippen LogP contribution in [-0.4, -0.2) is 9.59 Å². The van der Waals surface area contributed by atoms with Crippen LogP contribution in [-0.2, 0) is 6.42 Å². The van der Waals surface area contributed by atoms with Crippen molar-refractivity contribution in [1.29, 1.82) is 5.26 Å². The highest BCUT2D eigenvalue weighted by Crippen LogP contribution is 2.41. The standard InChI is InChI=1S/C7H7N3S/c8-4-3-6-7(5-1-2-5)9-10-11-6/h5H,1-3H2. The predicted molar refractivity (Wildman–Crippen MR) is 41.2 cm³/mol. The fraction of sp³-hybridized carbons (Fsp3) is 0.571. The molecule has 4 heteroatoms. The molecule has 3 nitrogen and oxygen atoms in total. The van der Waals surface area contributed by atoms with Gasteiger partial charge in [0.1, 0.15) is 0 Å². The van der Waals surface area contributed by atoms with Gasteiger partial charge in [-0.1, -0.05) is 4.49 Å². The predicted octanol–water partition coefficient (Wildman–Crippen LogP) is 1.48. The fourth-order valence-electron chi connectivity index (χ4n) is 1.08. The molecule has 1 saturated carbocycles. The van der Waals surface area contributed by atoms with Gasteiger partial charge in [-0.05, 0) is 24.4 Å². The van der Waals surface area contributed by atoms with E-state index in [2.05, 4.69) is 15.7 Å². The summed E-state index contributed by atoms with van der Waals surface area (Å²) in [6.45, 7) is 0. The molecule has 0 spiro atoms. The lowest BCUT2D eigenvalue weighted by Crippen LogP contribution is -1.85. The van der Waals surface area contributed by atoms with Gasteiger partial charge in [0, 0.05) is 5.92 Å². The average molecular weight is 165 g/mol. The summed E-state index contributed by atoms with van der Waals surface area (Å²) in [4.78, 5) is 1.06. The second-order valence-corrected chi connectivity index (χ2v) is 3.53. The number of nitriles is 1. The summed E-state index contributed by atoms with van der Waals surface area (Å²) in [5.74, 6) is 0.622. The second kappa shape index (κ2) is 2.59. The Morgan fingerprint density at radius 1 is 1.64 bits per heavy atom. The Morgan fingerprint density at radius 3 is 3.09 bits per heavy atom. The number of rotatable bonds is 2. The van der Waals surface area contributed by atoms with Gasteiger partial charge in [0.15, 0.2) is 0 Å². The summed E-state index contributed by atoms with van der Waals surface area (Å²) in [6.07, 6.45) is 2.93. The van der Waals surface area contributed by atoms with Crippen LogP contribution in [0.25, 0.3) is 0 Å². The molecule has 0 bridgehead atoms. The third kappa shape index (κ3) is 1.24. The van der Waals surface area contributed by atoms with E-state index < -0.39 is 0 Å². The maximum atomic E-state index is 8.47. The molecular formula is C7H7N3S. The number of nitrogens with zero attached hydrogens (tertiary/aromatic N) is 3. The summed E-state index contributed by atoms with van der Waals surface area (Å²) < 4.78 is 3.84. The number of aromatic nitrogens is 2. The molecule has 0 aliphatic heterocycles. The van der Waals surface area contributed by atoms with E-state index in [9.17, 15) is 0 Å². The molecule has 0 saturated heterocycles. The van der Waals surface area contributed by atoms with Gasteiger partial charge < -0.3 is 0 Å². The Labute approximate surface area is 68.8 Å². The minimum atomic E-state index is 0.476. The molecule has 0 N–H and O–H groups in total. The zero-order valence-electron chi connectivity index (χ0n) is 5.95. The zero-order chi connectivity index (χ0) is 7.68. The van der Waals surface area contributed by atoms with Crippen LogP contribution in [0.2, 0.25) is 0 Å². The quantitative estimate of drug-likeness (QED) is 0.667. The van der Waals surface area contributed by atoms with E-state index >= 15 is 0 Å². The molecule has 1 aliphatic rings. The maximum absolute atomic E-state index is 8.47. The van der Waals surface area contributed by atoms with Crippen LogP contribution < -0.4 is 0 Å². The lowest BCUT2D eigenvalue weighted by atomic mass is 10.2. The van der Waals surface area contributed by atoms with Crippen LogP contribution in [0, 0.1) is 11.3 Å². The molecule has 0 amide bonds. The van der Waals surface area contributed by atoms with E-state index in [0.717, 1.165) is 10.6 Å². The Hall–Kier alpha value is -0.950. The van der Waals surface area contributed by atoms with Gasteiger partial charge in [-0.15, -0.1) is 5.10 Å². The van der Waals surface area contributed by atoms with Crippen LogP contribution in [0.4, 0.5) is 0 Å². The van der Waals surface area contributed by atoms with Crippen molar-refractivity contribution in [2.24, 2.45) is 0 Å². The Morgan fingerprint density at radius 2 is 2.45 bits per heavy atom. The molecule has 2 rings (SSSR count). The minimum absolute atomic E-state index is 0.476. The van der Waals surface area contributed by atoms with Crippen molar-refractivity contribution in [3.05, 3.63) is 10.6 Å². The lowest BCUT2D eigenvalue weighted by molar-refractivity contribution is 0.960. The Balaban J connectivity index is 2.24. The van der Waals surface area contributed by atoms with Crippen molar-refractivity contribution in [2.45, 2.75) is 25.2 Å². The van der Waals surface area contributed by atoms with Gasteiger partial charge in [0.2, 0.25) is 0 Å². The Kier molecular flexibility index (Phi) is 1.59. The van der Waals surface area contributed by atoms with Gasteiger partial charge >= 0.3 is 0 Å². The van der Waals surface area contributed by atoms with Gasteiger partial charge in [-0.2, -0.15) is 5.26 Å². The van der Waals surface area contributed by atoms with Crippen molar-refractivity contribution in [2.75, 3.05) is 0 Å². The first-order valence-electron chi connectivity index (χ1n) is 3.60. The van der Waals surface area contributed by atoms with Crippen molar-refractivity contribution >= 4 is 11.5 Å². The SMILES string of the molecule is N#CCc1snnc1C1CC1. The molecule has 56 valence electrons. The molecule has 1 heterocycles. The third-order valence-corrected chi connectivity index (χ3v) is 2.53. The van der Waals surface area contributed by atoms with Crippen molar-refractivity contribution < 1.29 is 0 Å². The van der Waals surface area contributed by atoms with Gasteiger partial charge in [-0.3, -0.25) is 0 Å². The highest BCUT2D eigenvalue weighted by Gasteiger charge is 2.28. The fourth-order valence-corrected chi connectivity index (χ4v) is 1.73. The molecule has 1 aromatic rings. The number of hydrogen-bond acceptors (Lipinski definition) is 4. The number of hydrogen-bond donors (Lipinski definition) is 0. The Bertz CT molecular complexity index is 295. The van der Waals surface area contributed by atoms with Crippen LogP contribution in [0.5, 0.6) is 0 Å². The van der Waals surface area contributed by atoms with Crippen molar-refractivity contribution in [1.82, 2.24) is 9.59 Å². The van der Waals surface area contributed by atoms with E-state index in [1.54, 1.807) is 0 Å². The normalized spacial score (nSPS) is 16.3. The molecule has 11 heavy (non-hydrogen) atoms. The highest BCUT2D eigenvalue weighted by atomic mass is 32.1. The van der Waals surface area contributed by atoms with Gasteiger partial charge in [0.05, 0.1) is 23.1 Å². The molecule has 1 aromatic heterocycles. The first-order valence-corrected chi connectivity index (χ1v) is 4.37. The molecule has 0 aromatic carbocycles. The van der Waals surface area contributed by atoms with Crippen LogP contribution in [0.1, 0.15) is 29.3 Å². The van der Waals surface area contributed by atoms with Crippen molar-refractivity contribution in [3.63, 3.8) is 0 Å². The summed E-state index contributed by atoms with van der Waals surface area (Å²) >= 11 is 1.36. The third-order valence-electron chi connectivity index (χ3n) is 1.79. The van der Waals surface area contributed by atoms with Gasteiger partial charge in [-0.25, -0.2) is 0 Å². The van der Waals surface area contributed by atoms with Crippen molar-refractivity contribution in [3.8, 4) is 6.07 Å². The first kappa shape index (κ1) is 6.74. The molecule has 0 atom stereocenters. The van der Waals surface area contributed by atoms with E-state index in [1.165, 1.54) is 24.4 Å². The first-order chi connectivity index (χ1) is 5.42. The summed E-state index contributed by atoms with van der Waals surface area (Å²) in [6, 6.07) is 2.12. The summed E-state index contributed by atoms with van der Waals surface area (Å²) in [7, 11) is 0. The van der Waals surface area contributed by atoms with Crippen LogP contribution in [0.15, 0.2) is 0 Å². The molecular weight excluding hydrogens is 158 g/mol. The molecule has 0 unspecified atom stereocenters. The monoisotopic (exact) mass is 165 g/mol. The molecule has 0 radical (unpaired) electrons. The highest BCUT2D eigenvalue weighted by molar-refractivity contribution is 7.05.